The summed E-state index contributed by atoms with van der Waals surface area (Å²) in [6, 6.07) is 23.5. The van der Waals surface area contributed by atoms with Crippen LogP contribution in [0.5, 0.6) is 11.5 Å². The molecule has 5 heterocycles. The third-order valence-corrected chi connectivity index (χ3v) is 14.1. The summed E-state index contributed by atoms with van der Waals surface area (Å²) in [6.45, 7) is 25.6. The molecule has 2 unspecified atom stereocenters. The molecule has 0 bridgehead atoms. The molecule has 0 spiro atoms. The summed E-state index contributed by atoms with van der Waals surface area (Å²) in [7, 11) is 0. The summed E-state index contributed by atoms with van der Waals surface area (Å²) in [4.78, 5) is 5.14. The standard InChI is InChI=1S/C50H55BN2O4S/c1-28-22-33(50(8,9)10)23-29(2)44(28)52-36-14-11-15-37-43(36)51(35-26-39-40(27-38(35)52)55-19-12-18-54-39)48-46(34-25-32(49(5,6)7)16-17-42(34)58-48)53(37)45-30(3)24-41-47(31(45)4)57-21-13-20-56-41/h11,14-17,22-27,41,47H,12-13,18-21H2,1-10H3. The molecule has 8 heteroatoms. The van der Waals surface area contributed by atoms with Crippen molar-refractivity contribution in [2.75, 3.05) is 36.2 Å². The van der Waals surface area contributed by atoms with E-state index in [0.29, 0.717) is 26.4 Å². The van der Waals surface area contributed by atoms with E-state index in [0.717, 1.165) is 30.0 Å². The quantitative estimate of drug-likeness (QED) is 0.163. The molecule has 1 saturated heterocycles. The van der Waals surface area contributed by atoms with Crippen LogP contribution in [0.3, 0.4) is 0 Å². The highest BCUT2D eigenvalue weighted by Crippen LogP contribution is 2.51. The normalized spacial score (nSPS) is 20.2. The zero-order valence-corrected chi connectivity index (χ0v) is 36.6. The number of aryl methyl sites for hydroxylation is 2. The van der Waals surface area contributed by atoms with Gasteiger partial charge in [0.2, 0.25) is 0 Å². The summed E-state index contributed by atoms with van der Waals surface area (Å²) in [5.41, 5.74) is 17.4. The molecular formula is C50H55BN2O4S. The molecule has 0 N–H and O–H groups in total. The zero-order chi connectivity index (χ0) is 40.4. The van der Waals surface area contributed by atoms with E-state index in [9.17, 15) is 0 Å². The molecule has 1 aromatic heterocycles. The molecule has 298 valence electrons. The number of thiophene rings is 1. The van der Waals surface area contributed by atoms with E-state index in [1.165, 1.54) is 87.6 Å². The Labute approximate surface area is 348 Å². The van der Waals surface area contributed by atoms with Crippen molar-refractivity contribution in [3.05, 3.63) is 106 Å². The van der Waals surface area contributed by atoms with Gasteiger partial charge in [0.1, 0.15) is 12.2 Å². The van der Waals surface area contributed by atoms with Crippen LogP contribution in [0, 0.1) is 13.8 Å². The van der Waals surface area contributed by atoms with Crippen molar-refractivity contribution in [3.63, 3.8) is 0 Å². The molecule has 58 heavy (non-hydrogen) atoms. The number of allylic oxidation sites excluding steroid dienone is 1. The van der Waals surface area contributed by atoms with Crippen molar-refractivity contribution < 1.29 is 18.9 Å². The van der Waals surface area contributed by atoms with Gasteiger partial charge in [-0.25, -0.2) is 0 Å². The first-order valence-electron chi connectivity index (χ1n) is 21.2. The Balaban J connectivity index is 1.31. The fourth-order valence-electron chi connectivity index (χ4n) is 10.1. The van der Waals surface area contributed by atoms with Gasteiger partial charge in [0.15, 0.2) is 11.5 Å². The Morgan fingerprint density at radius 1 is 0.672 bits per heavy atom. The fraction of sp³-hybridized carbons (Fsp3) is 0.400. The van der Waals surface area contributed by atoms with Crippen LogP contribution < -0.4 is 35.0 Å². The average molecular weight is 791 g/mol. The molecule has 2 atom stereocenters. The van der Waals surface area contributed by atoms with Gasteiger partial charge >= 0.3 is 0 Å². The smallest absolute Gasteiger partial charge is 0.264 e. The molecule has 5 aromatic rings. The van der Waals surface area contributed by atoms with Crippen LogP contribution in [0.1, 0.15) is 90.5 Å². The van der Waals surface area contributed by atoms with E-state index in [2.05, 4.69) is 146 Å². The molecule has 1 aliphatic carbocycles. The van der Waals surface area contributed by atoms with E-state index in [1.807, 2.05) is 11.3 Å². The maximum absolute atomic E-state index is 6.63. The minimum absolute atomic E-state index is 0.00666. The molecular weight excluding hydrogens is 735 g/mol. The van der Waals surface area contributed by atoms with Gasteiger partial charge in [-0.3, -0.25) is 0 Å². The first-order chi connectivity index (χ1) is 27.7. The SMILES string of the molecule is CC1=CC2OCCCOC2C(C)=C1N1c2cccc3c2B(c2cc4c(cc2N3c2c(C)cc(C(C)(C)C)cc2C)OCCCO4)c2sc3ccc(C(C)(C)C)cc3c21. The van der Waals surface area contributed by atoms with Crippen LogP contribution in [0.2, 0.25) is 0 Å². The summed E-state index contributed by atoms with van der Waals surface area (Å²) in [5, 5.41) is 1.29. The Bertz CT molecular complexity index is 2570. The highest BCUT2D eigenvalue weighted by atomic mass is 32.1. The first kappa shape index (κ1) is 37.8. The van der Waals surface area contributed by atoms with Gasteiger partial charge in [-0.2, -0.15) is 0 Å². The largest absolute Gasteiger partial charge is 0.490 e. The van der Waals surface area contributed by atoms with E-state index in [-0.39, 0.29) is 29.8 Å². The summed E-state index contributed by atoms with van der Waals surface area (Å²) in [5.74, 6) is 1.64. The summed E-state index contributed by atoms with van der Waals surface area (Å²) < 4.78 is 28.7. The topological polar surface area (TPSA) is 43.4 Å². The first-order valence-corrected chi connectivity index (χ1v) is 22.0. The van der Waals surface area contributed by atoms with E-state index < -0.39 is 0 Å². The van der Waals surface area contributed by atoms with Crippen molar-refractivity contribution in [1.29, 1.82) is 0 Å². The van der Waals surface area contributed by atoms with E-state index in [4.69, 9.17) is 18.9 Å². The number of ether oxygens (including phenoxy) is 4. The maximum atomic E-state index is 6.63. The van der Waals surface area contributed by atoms with Crippen LogP contribution in [-0.2, 0) is 20.3 Å². The van der Waals surface area contributed by atoms with Crippen LogP contribution in [0.15, 0.2) is 83.6 Å². The van der Waals surface area contributed by atoms with E-state index in [1.54, 1.807) is 0 Å². The molecule has 0 saturated carbocycles. The van der Waals surface area contributed by atoms with Crippen LogP contribution in [-0.4, -0.2) is 45.3 Å². The lowest BCUT2D eigenvalue weighted by atomic mass is 9.36. The Kier molecular flexibility index (Phi) is 8.80. The number of hydrogen-bond acceptors (Lipinski definition) is 7. The van der Waals surface area contributed by atoms with Crippen molar-refractivity contribution in [2.24, 2.45) is 0 Å². The maximum Gasteiger partial charge on any atom is 0.264 e. The molecule has 4 aromatic carbocycles. The monoisotopic (exact) mass is 790 g/mol. The zero-order valence-electron chi connectivity index (χ0n) is 35.8. The third kappa shape index (κ3) is 5.80. The lowest BCUT2D eigenvalue weighted by Gasteiger charge is -2.45. The Morgan fingerprint density at radius 3 is 2.03 bits per heavy atom. The molecule has 6 nitrogen and oxygen atoms in total. The average Bonchev–Trinajstić information content (AvgIpc) is 3.28. The van der Waals surface area contributed by atoms with Crippen LogP contribution in [0.25, 0.3) is 10.1 Å². The number of nitrogens with zero attached hydrogens (tertiary/aromatic N) is 2. The predicted octanol–water partition coefficient (Wildman–Crippen LogP) is 10.4. The number of benzene rings is 4. The number of anilines is 5. The number of fused-ring (bicyclic) bond motifs is 8. The van der Waals surface area contributed by atoms with Gasteiger partial charge < -0.3 is 28.7 Å². The second-order valence-electron chi connectivity index (χ2n) is 19.1. The number of rotatable bonds is 2. The van der Waals surface area contributed by atoms with Gasteiger partial charge in [-0.1, -0.05) is 65.8 Å². The lowest BCUT2D eigenvalue weighted by Crippen LogP contribution is -2.61. The third-order valence-electron chi connectivity index (χ3n) is 12.9. The molecule has 0 amide bonds. The molecule has 10 rings (SSSR count). The molecule has 5 aliphatic rings. The van der Waals surface area contributed by atoms with Gasteiger partial charge in [0, 0.05) is 57.6 Å². The molecule has 4 aliphatic heterocycles. The minimum Gasteiger partial charge on any atom is -0.490 e. The number of hydrogen-bond donors (Lipinski definition) is 0. The highest BCUT2D eigenvalue weighted by Gasteiger charge is 2.48. The second-order valence-corrected chi connectivity index (χ2v) is 20.2. The minimum atomic E-state index is -0.145. The van der Waals surface area contributed by atoms with Crippen molar-refractivity contribution >= 4 is 72.3 Å². The highest BCUT2D eigenvalue weighted by molar-refractivity contribution is 7.33. The summed E-state index contributed by atoms with van der Waals surface area (Å²) >= 11 is 1.94. The van der Waals surface area contributed by atoms with Gasteiger partial charge in [0.05, 0.1) is 30.3 Å². The van der Waals surface area contributed by atoms with Gasteiger partial charge in [0.25, 0.3) is 6.71 Å². The second kappa shape index (κ2) is 13.5. The van der Waals surface area contributed by atoms with E-state index >= 15 is 0 Å². The lowest BCUT2D eigenvalue weighted by molar-refractivity contribution is 0.00640. The molecule has 1 fully saturated rings. The van der Waals surface area contributed by atoms with Crippen molar-refractivity contribution in [1.82, 2.24) is 0 Å². The molecule has 0 radical (unpaired) electrons. The summed E-state index contributed by atoms with van der Waals surface area (Å²) in [6.07, 6.45) is 3.83. The predicted molar refractivity (Wildman–Crippen MR) is 243 cm³/mol. The Hall–Kier alpha value is -4.50. The van der Waals surface area contributed by atoms with Gasteiger partial charge in [-0.05, 0) is 126 Å². The van der Waals surface area contributed by atoms with Crippen LogP contribution in [0.4, 0.5) is 28.4 Å². The van der Waals surface area contributed by atoms with Crippen LogP contribution >= 0.6 is 11.3 Å². The Morgan fingerprint density at radius 2 is 1.33 bits per heavy atom. The fourth-order valence-corrected chi connectivity index (χ4v) is 11.4. The van der Waals surface area contributed by atoms with Crippen molar-refractivity contribution in [3.8, 4) is 11.5 Å². The van der Waals surface area contributed by atoms with Gasteiger partial charge in [-0.15, -0.1) is 11.3 Å². The van der Waals surface area contributed by atoms with Crippen molar-refractivity contribution in [2.45, 2.75) is 105 Å².